The lowest BCUT2D eigenvalue weighted by Gasteiger charge is -2.41. The molecule has 1 aromatic heterocycles. The van der Waals surface area contributed by atoms with Crippen LogP contribution in [0.2, 0.25) is 0 Å². The van der Waals surface area contributed by atoms with E-state index in [0.717, 1.165) is 12.0 Å². The van der Waals surface area contributed by atoms with Gasteiger partial charge in [-0.05, 0) is 51.3 Å². The van der Waals surface area contributed by atoms with Crippen molar-refractivity contribution in [1.82, 2.24) is 0 Å². The number of carbonyl (C=O) groups is 1. The Hall–Kier alpha value is -3.36. The maximum atomic E-state index is 12.7. The van der Waals surface area contributed by atoms with Crippen molar-refractivity contribution in [1.29, 1.82) is 0 Å². The Morgan fingerprint density at radius 2 is 1.91 bits per heavy atom. The standard InChI is InChI=1S/C27H31NO7/c1-16-19(33-22-15-13-20(32-4)27(2,3)35-22)12-11-18-24(30)23(26(31)34-25(16)18)28-21(29)14-10-17-8-6-5-7-9-17/h5-9,11-12,20,22,30H,10,13-15H2,1-4H3,(H,28,29)/t20-,22-/m1/s1. The maximum Gasteiger partial charge on any atom is 0.364 e. The number of aromatic hydroxyl groups is 1. The zero-order valence-electron chi connectivity index (χ0n) is 20.4. The normalized spacial score (nSPS) is 19.4. The molecule has 2 heterocycles. The molecule has 186 valence electrons. The average molecular weight is 482 g/mol. The number of hydrogen-bond donors (Lipinski definition) is 2. The van der Waals surface area contributed by atoms with Crippen molar-refractivity contribution >= 4 is 22.6 Å². The van der Waals surface area contributed by atoms with Gasteiger partial charge in [-0.15, -0.1) is 0 Å². The van der Waals surface area contributed by atoms with Crippen LogP contribution in [0.1, 0.15) is 44.2 Å². The van der Waals surface area contributed by atoms with Crippen molar-refractivity contribution in [3.8, 4) is 11.5 Å². The van der Waals surface area contributed by atoms with E-state index in [1.807, 2.05) is 44.2 Å². The molecule has 0 saturated carbocycles. The average Bonchev–Trinajstić information content (AvgIpc) is 2.83. The first-order valence-electron chi connectivity index (χ1n) is 11.7. The number of anilines is 1. The van der Waals surface area contributed by atoms with Crippen LogP contribution in [0.25, 0.3) is 11.0 Å². The fourth-order valence-corrected chi connectivity index (χ4v) is 4.44. The number of rotatable bonds is 7. The number of benzene rings is 2. The third-order valence-corrected chi connectivity index (χ3v) is 6.41. The lowest BCUT2D eigenvalue weighted by atomic mass is 9.94. The van der Waals surface area contributed by atoms with Gasteiger partial charge in [0.05, 0.1) is 17.1 Å². The Morgan fingerprint density at radius 3 is 2.60 bits per heavy atom. The van der Waals surface area contributed by atoms with E-state index < -0.39 is 17.5 Å². The third kappa shape index (κ3) is 5.33. The van der Waals surface area contributed by atoms with Crippen molar-refractivity contribution in [2.75, 3.05) is 12.4 Å². The Bertz CT molecular complexity index is 1270. The molecular formula is C27H31NO7. The fourth-order valence-electron chi connectivity index (χ4n) is 4.44. The number of amides is 1. The van der Waals surface area contributed by atoms with Gasteiger partial charge in [-0.25, -0.2) is 4.79 Å². The van der Waals surface area contributed by atoms with Crippen LogP contribution in [-0.2, 0) is 20.7 Å². The van der Waals surface area contributed by atoms with Gasteiger partial charge in [0, 0.05) is 25.5 Å². The first kappa shape index (κ1) is 24.8. The minimum Gasteiger partial charge on any atom is -0.505 e. The highest BCUT2D eigenvalue weighted by Gasteiger charge is 2.39. The first-order chi connectivity index (χ1) is 16.7. The van der Waals surface area contributed by atoms with Gasteiger partial charge < -0.3 is 29.1 Å². The minimum atomic E-state index is -0.832. The highest BCUT2D eigenvalue weighted by Crippen LogP contribution is 2.37. The van der Waals surface area contributed by atoms with Crippen LogP contribution in [0.4, 0.5) is 5.69 Å². The van der Waals surface area contributed by atoms with Crippen LogP contribution in [-0.4, -0.2) is 36.1 Å². The number of hydrogen-bond acceptors (Lipinski definition) is 7. The quantitative estimate of drug-likeness (QED) is 0.472. The van der Waals surface area contributed by atoms with Crippen LogP contribution in [0, 0.1) is 6.92 Å². The summed E-state index contributed by atoms with van der Waals surface area (Å²) in [6.07, 6.45) is 1.57. The summed E-state index contributed by atoms with van der Waals surface area (Å²) < 4.78 is 23.2. The Kier molecular flexibility index (Phi) is 7.14. The van der Waals surface area contributed by atoms with E-state index in [4.69, 9.17) is 18.6 Å². The Balaban J connectivity index is 1.52. The lowest BCUT2D eigenvalue weighted by Crippen LogP contribution is -2.49. The third-order valence-electron chi connectivity index (χ3n) is 6.41. The van der Waals surface area contributed by atoms with Gasteiger partial charge >= 0.3 is 5.63 Å². The smallest absolute Gasteiger partial charge is 0.364 e. The molecule has 8 nitrogen and oxygen atoms in total. The Morgan fingerprint density at radius 1 is 1.17 bits per heavy atom. The van der Waals surface area contributed by atoms with E-state index in [2.05, 4.69) is 5.32 Å². The molecule has 2 N–H and O–H groups in total. The fraction of sp³-hybridized carbons (Fsp3) is 0.407. The highest BCUT2D eigenvalue weighted by atomic mass is 16.7. The molecule has 1 aliphatic heterocycles. The van der Waals surface area contributed by atoms with Gasteiger partial charge in [0.15, 0.2) is 11.4 Å². The molecule has 0 spiro atoms. The van der Waals surface area contributed by atoms with E-state index in [9.17, 15) is 14.7 Å². The summed E-state index contributed by atoms with van der Waals surface area (Å²) in [5, 5.41) is 13.6. The summed E-state index contributed by atoms with van der Waals surface area (Å²) in [7, 11) is 1.67. The SMILES string of the molecule is CO[C@@H]1CC[C@H](Oc2ccc3c(O)c(NC(=O)CCc4ccccc4)c(=O)oc3c2C)OC1(C)C. The largest absolute Gasteiger partial charge is 0.505 e. The van der Waals surface area contributed by atoms with E-state index in [1.165, 1.54) is 0 Å². The predicted octanol–water partition coefficient (Wildman–Crippen LogP) is 4.69. The van der Waals surface area contributed by atoms with Gasteiger partial charge in [-0.3, -0.25) is 4.79 Å². The molecule has 2 atom stereocenters. The number of methoxy groups -OCH3 is 1. The second-order valence-corrected chi connectivity index (χ2v) is 9.28. The number of carbonyl (C=O) groups excluding carboxylic acids is 1. The molecule has 2 aromatic carbocycles. The molecule has 35 heavy (non-hydrogen) atoms. The molecule has 4 rings (SSSR count). The molecule has 1 fully saturated rings. The Labute approximate surface area is 203 Å². The van der Waals surface area contributed by atoms with E-state index >= 15 is 0 Å². The van der Waals surface area contributed by atoms with Crippen molar-refractivity contribution in [3.05, 3.63) is 64.0 Å². The van der Waals surface area contributed by atoms with Crippen molar-refractivity contribution in [2.45, 2.75) is 64.4 Å². The van der Waals surface area contributed by atoms with Gasteiger partial charge in [0.2, 0.25) is 12.2 Å². The monoisotopic (exact) mass is 481 g/mol. The lowest BCUT2D eigenvalue weighted by molar-refractivity contribution is -0.233. The zero-order valence-corrected chi connectivity index (χ0v) is 20.4. The molecule has 1 aliphatic rings. The molecule has 0 radical (unpaired) electrons. The number of nitrogens with one attached hydrogen (secondary N) is 1. The van der Waals surface area contributed by atoms with E-state index in [-0.39, 0.29) is 35.5 Å². The van der Waals surface area contributed by atoms with E-state index in [1.54, 1.807) is 26.2 Å². The number of fused-ring (bicyclic) bond motifs is 1. The van der Waals surface area contributed by atoms with Crippen molar-refractivity contribution in [3.63, 3.8) is 0 Å². The topological polar surface area (TPSA) is 107 Å². The van der Waals surface area contributed by atoms with Crippen molar-refractivity contribution < 1.29 is 28.5 Å². The molecule has 1 saturated heterocycles. The summed E-state index contributed by atoms with van der Waals surface area (Å²) in [6, 6.07) is 12.8. The molecular weight excluding hydrogens is 450 g/mol. The molecule has 3 aromatic rings. The summed E-state index contributed by atoms with van der Waals surface area (Å²) in [6.45, 7) is 5.65. The van der Waals surface area contributed by atoms with Crippen LogP contribution in [0.3, 0.4) is 0 Å². The predicted molar refractivity (Wildman–Crippen MR) is 132 cm³/mol. The second-order valence-electron chi connectivity index (χ2n) is 9.28. The maximum absolute atomic E-state index is 12.7. The number of aryl methyl sites for hydroxylation is 2. The summed E-state index contributed by atoms with van der Waals surface area (Å²) in [4.78, 5) is 25.1. The molecule has 0 bridgehead atoms. The molecule has 0 aliphatic carbocycles. The molecule has 8 heteroatoms. The van der Waals surface area contributed by atoms with Crippen LogP contribution < -0.4 is 15.7 Å². The summed E-state index contributed by atoms with van der Waals surface area (Å²) >= 11 is 0. The minimum absolute atomic E-state index is 0.0312. The van der Waals surface area contributed by atoms with E-state index in [0.29, 0.717) is 29.5 Å². The zero-order chi connectivity index (χ0) is 25.2. The van der Waals surface area contributed by atoms with Crippen LogP contribution >= 0.6 is 0 Å². The van der Waals surface area contributed by atoms with Gasteiger partial charge in [0.25, 0.3) is 0 Å². The van der Waals surface area contributed by atoms with Crippen LogP contribution in [0.15, 0.2) is 51.7 Å². The highest BCUT2D eigenvalue weighted by molar-refractivity contribution is 5.97. The molecule has 0 unspecified atom stereocenters. The second kappa shape index (κ2) is 10.1. The first-order valence-corrected chi connectivity index (χ1v) is 11.7. The van der Waals surface area contributed by atoms with Gasteiger partial charge in [-0.2, -0.15) is 0 Å². The van der Waals surface area contributed by atoms with Crippen molar-refractivity contribution in [2.24, 2.45) is 0 Å². The van der Waals surface area contributed by atoms with Gasteiger partial charge in [-0.1, -0.05) is 30.3 Å². The number of ether oxygens (including phenoxy) is 3. The van der Waals surface area contributed by atoms with Gasteiger partial charge in [0.1, 0.15) is 11.3 Å². The van der Waals surface area contributed by atoms with Crippen LogP contribution in [0.5, 0.6) is 11.5 Å². The summed E-state index contributed by atoms with van der Waals surface area (Å²) in [5.74, 6) is -0.243. The molecule has 1 amide bonds. The summed E-state index contributed by atoms with van der Waals surface area (Å²) in [5.41, 5.74) is 0.127.